The number of benzene rings is 1. The van der Waals surface area contributed by atoms with E-state index in [0.29, 0.717) is 36.2 Å². The first-order valence-corrected chi connectivity index (χ1v) is 9.41. The molecule has 1 aliphatic rings. The molecule has 0 spiro atoms. The van der Waals surface area contributed by atoms with E-state index in [2.05, 4.69) is 20.5 Å². The summed E-state index contributed by atoms with van der Waals surface area (Å²) < 4.78 is 8.97. The molecule has 0 aliphatic carbocycles. The number of aryl methyl sites for hydroxylation is 1. The molecule has 1 aromatic carbocycles. The maximum Gasteiger partial charge on any atom is 0.280 e. The minimum absolute atomic E-state index is 0.0322. The zero-order chi connectivity index (χ0) is 19.8. The van der Waals surface area contributed by atoms with Crippen LogP contribution in [0.2, 0.25) is 0 Å². The molecule has 1 amide bonds. The largest absolute Gasteiger partial charge is 0.347 e. The zero-order valence-corrected chi connectivity index (χ0v) is 15.8. The van der Waals surface area contributed by atoms with E-state index in [1.165, 1.54) is 0 Å². The highest BCUT2D eigenvalue weighted by Crippen LogP contribution is 2.25. The number of rotatable bonds is 4. The van der Waals surface area contributed by atoms with Crippen LogP contribution in [-0.4, -0.2) is 53.6 Å². The lowest BCUT2D eigenvalue weighted by Gasteiger charge is -2.16. The summed E-state index contributed by atoms with van der Waals surface area (Å²) in [4.78, 5) is 19.0. The topological polar surface area (TPSA) is 94.9 Å². The van der Waals surface area contributed by atoms with Crippen LogP contribution >= 0.6 is 0 Å². The summed E-state index contributed by atoms with van der Waals surface area (Å²) >= 11 is 0. The molecule has 3 aromatic heterocycles. The highest BCUT2D eigenvalue weighted by Gasteiger charge is 2.30. The number of carbonyl (C=O) groups is 1. The van der Waals surface area contributed by atoms with Crippen LogP contribution in [0.4, 0.5) is 0 Å². The lowest BCUT2D eigenvalue weighted by molar-refractivity contribution is 0.0777. The number of hydrogen-bond acceptors (Lipinski definition) is 6. The van der Waals surface area contributed by atoms with E-state index in [1.807, 2.05) is 65.2 Å². The minimum Gasteiger partial charge on any atom is -0.347 e. The van der Waals surface area contributed by atoms with Gasteiger partial charge in [-0.05, 0) is 18.6 Å². The first kappa shape index (κ1) is 17.4. The van der Waals surface area contributed by atoms with Crippen molar-refractivity contribution < 1.29 is 9.32 Å². The molecule has 9 nitrogen and oxygen atoms in total. The molecule has 9 heteroatoms. The van der Waals surface area contributed by atoms with Gasteiger partial charge in [0.1, 0.15) is 5.69 Å². The van der Waals surface area contributed by atoms with Gasteiger partial charge in [-0.3, -0.25) is 4.79 Å². The molecule has 0 radical (unpaired) electrons. The number of nitrogens with zero attached hydrogens (tertiary/aromatic N) is 7. The van der Waals surface area contributed by atoms with Crippen LogP contribution in [0, 0.1) is 0 Å². The van der Waals surface area contributed by atoms with Crippen molar-refractivity contribution in [2.75, 3.05) is 13.1 Å². The van der Waals surface area contributed by atoms with Crippen molar-refractivity contribution in [3.8, 4) is 23.0 Å². The molecule has 5 rings (SSSR count). The normalized spacial score (nSPS) is 16.4. The first-order chi connectivity index (χ1) is 14.2. The maximum absolute atomic E-state index is 12.7. The fourth-order valence-corrected chi connectivity index (χ4v) is 3.57. The van der Waals surface area contributed by atoms with Gasteiger partial charge in [-0.2, -0.15) is 4.98 Å². The number of aromatic nitrogens is 6. The molecule has 146 valence electrons. The van der Waals surface area contributed by atoms with Crippen LogP contribution < -0.4 is 0 Å². The average Bonchev–Trinajstić information content (AvgIpc) is 3.54. The van der Waals surface area contributed by atoms with Crippen molar-refractivity contribution in [1.82, 2.24) is 34.6 Å². The van der Waals surface area contributed by atoms with Gasteiger partial charge in [0, 0.05) is 31.9 Å². The van der Waals surface area contributed by atoms with Crippen molar-refractivity contribution in [1.29, 1.82) is 0 Å². The minimum atomic E-state index is 0.0322. The summed E-state index contributed by atoms with van der Waals surface area (Å²) in [6, 6.07) is 13.4. The Bertz CT molecular complexity index is 1140. The highest BCUT2D eigenvalue weighted by molar-refractivity contribution is 5.93. The summed E-state index contributed by atoms with van der Waals surface area (Å²) in [5, 5.41) is 12.4. The third kappa shape index (κ3) is 3.20. The summed E-state index contributed by atoms with van der Waals surface area (Å²) in [5.74, 6) is 0.866. The van der Waals surface area contributed by atoms with Gasteiger partial charge in [-0.1, -0.05) is 40.7 Å². The van der Waals surface area contributed by atoms with Gasteiger partial charge in [0.25, 0.3) is 11.8 Å². The predicted molar refractivity (Wildman–Crippen MR) is 104 cm³/mol. The molecule has 29 heavy (non-hydrogen) atoms. The van der Waals surface area contributed by atoms with E-state index >= 15 is 0 Å². The Hall–Kier alpha value is -3.75. The molecular weight excluding hydrogens is 370 g/mol. The predicted octanol–water partition coefficient (Wildman–Crippen LogP) is 2.42. The Morgan fingerprint density at radius 2 is 2.03 bits per heavy atom. The second kappa shape index (κ2) is 7.01. The molecular formula is C20H19N7O2. The summed E-state index contributed by atoms with van der Waals surface area (Å²) in [5.41, 5.74) is 2.08. The lowest BCUT2D eigenvalue weighted by atomic mass is 10.2. The van der Waals surface area contributed by atoms with Gasteiger partial charge in [0.15, 0.2) is 5.69 Å². The van der Waals surface area contributed by atoms with Gasteiger partial charge in [-0.15, -0.1) is 5.10 Å². The number of amides is 1. The lowest BCUT2D eigenvalue weighted by Crippen LogP contribution is -2.30. The van der Waals surface area contributed by atoms with Crippen molar-refractivity contribution in [3.05, 3.63) is 60.6 Å². The molecule has 1 aliphatic heterocycles. The summed E-state index contributed by atoms with van der Waals surface area (Å²) in [7, 11) is 1.87. The van der Waals surface area contributed by atoms with Crippen LogP contribution in [-0.2, 0) is 7.05 Å². The fraction of sp³-hybridized carbons (Fsp3) is 0.250. The molecule has 0 bridgehead atoms. The van der Waals surface area contributed by atoms with Crippen LogP contribution in [0.25, 0.3) is 23.0 Å². The van der Waals surface area contributed by atoms with Crippen molar-refractivity contribution in [2.45, 2.75) is 12.5 Å². The SMILES string of the molecule is Cn1cccc1C(=O)N1CC[C@H](n2cc(-c3nc(-c4ccccc4)no3)nn2)C1. The molecule has 1 fully saturated rings. The van der Waals surface area contributed by atoms with Gasteiger partial charge >= 0.3 is 0 Å². The van der Waals surface area contributed by atoms with E-state index < -0.39 is 0 Å². The van der Waals surface area contributed by atoms with Gasteiger partial charge in [0.2, 0.25) is 5.82 Å². The third-order valence-electron chi connectivity index (χ3n) is 5.18. The smallest absolute Gasteiger partial charge is 0.280 e. The average molecular weight is 389 g/mol. The molecule has 1 saturated heterocycles. The van der Waals surface area contributed by atoms with Crippen LogP contribution in [0.3, 0.4) is 0 Å². The van der Waals surface area contributed by atoms with Gasteiger partial charge < -0.3 is 14.0 Å². The van der Waals surface area contributed by atoms with E-state index in [0.717, 1.165) is 12.0 Å². The third-order valence-corrected chi connectivity index (χ3v) is 5.18. The second-order valence-corrected chi connectivity index (χ2v) is 7.07. The Morgan fingerprint density at radius 1 is 1.17 bits per heavy atom. The Kier molecular flexibility index (Phi) is 4.19. The first-order valence-electron chi connectivity index (χ1n) is 9.41. The van der Waals surface area contributed by atoms with Crippen LogP contribution in [0.5, 0.6) is 0 Å². The van der Waals surface area contributed by atoms with E-state index in [-0.39, 0.29) is 11.9 Å². The van der Waals surface area contributed by atoms with E-state index in [1.54, 1.807) is 10.9 Å². The Morgan fingerprint density at radius 3 is 2.83 bits per heavy atom. The Labute approximate surface area is 166 Å². The van der Waals surface area contributed by atoms with Crippen LogP contribution in [0.15, 0.2) is 59.4 Å². The monoisotopic (exact) mass is 389 g/mol. The molecule has 0 saturated carbocycles. The van der Waals surface area contributed by atoms with Gasteiger partial charge in [-0.25, -0.2) is 4.68 Å². The van der Waals surface area contributed by atoms with E-state index in [9.17, 15) is 4.79 Å². The number of likely N-dealkylation sites (tertiary alicyclic amines) is 1. The van der Waals surface area contributed by atoms with Crippen molar-refractivity contribution in [2.24, 2.45) is 7.05 Å². The van der Waals surface area contributed by atoms with Crippen LogP contribution in [0.1, 0.15) is 23.0 Å². The second-order valence-electron chi connectivity index (χ2n) is 7.07. The number of hydrogen-bond donors (Lipinski definition) is 0. The molecule has 1 atom stereocenters. The standard InChI is InChI=1S/C20H19N7O2/c1-25-10-5-8-17(25)20(28)26-11-9-15(12-26)27-13-16(22-24-27)19-21-18(23-29-19)14-6-3-2-4-7-14/h2-8,10,13,15H,9,11-12H2,1H3/t15-/m0/s1. The number of carbonyl (C=O) groups excluding carboxylic acids is 1. The quantitative estimate of drug-likeness (QED) is 0.532. The summed E-state index contributed by atoms with van der Waals surface area (Å²) in [6.07, 6.45) is 4.49. The van der Waals surface area contributed by atoms with Crippen molar-refractivity contribution in [3.63, 3.8) is 0 Å². The molecule has 4 aromatic rings. The maximum atomic E-state index is 12.7. The Balaban J connectivity index is 1.30. The van der Waals surface area contributed by atoms with Crippen molar-refractivity contribution >= 4 is 5.91 Å². The van der Waals surface area contributed by atoms with E-state index in [4.69, 9.17) is 4.52 Å². The molecule has 0 N–H and O–H groups in total. The zero-order valence-electron chi connectivity index (χ0n) is 15.8. The fourth-order valence-electron chi connectivity index (χ4n) is 3.57. The molecule has 0 unspecified atom stereocenters. The highest BCUT2D eigenvalue weighted by atomic mass is 16.5. The van der Waals surface area contributed by atoms with Gasteiger partial charge in [0.05, 0.1) is 12.2 Å². The summed E-state index contributed by atoms with van der Waals surface area (Å²) in [6.45, 7) is 1.27. The molecule has 4 heterocycles.